The standard InChI is InChI=1S/C52H35NO/c1-4-14-36(15-5-1)41-21-12-22-44(34-41)53(48-32-28-42(37-16-6-2-7-17-37)35-47(48)38-18-8-3-9-19-38)43-30-26-39(27-31-43)45-24-13-20-40-29-33-50-52(51(40)45)46-23-10-11-25-49(46)54-50/h1-35H. The third-order valence-electron chi connectivity index (χ3n) is 10.5. The van der Waals surface area contributed by atoms with Crippen LogP contribution in [-0.4, -0.2) is 0 Å². The van der Waals surface area contributed by atoms with Crippen molar-refractivity contribution in [3.8, 4) is 44.5 Å². The Balaban J connectivity index is 1.17. The predicted octanol–water partition coefficient (Wildman–Crippen LogP) is 14.9. The van der Waals surface area contributed by atoms with Gasteiger partial charge in [0.2, 0.25) is 0 Å². The largest absolute Gasteiger partial charge is 0.456 e. The average Bonchev–Trinajstić information content (AvgIpc) is 3.64. The Morgan fingerprint density at radius 1 is 0.315 bits per heavy atom. The first-order valence-corrected chi connectivity index (χ1v) is 18.4. The summed E-state index contributed by atoms with van der Waals surface area (Å²) in [5.41, 5.74) is 14.5. The van der Waals surface area contributed by atoms with Crippen molar-refractivity contribution in [3.63, 3.8) is 0 Å². The van der Waals surface area contributed by atoms with Crippen LogP contribution in [0.4, 0.5) is 17.1 Å². The van der Waals surface area contributed by atoms with Gasteiger partial charge in [0.1, 0.15) is 11.2 Å². The number of furan rings is 1. The second-order valence-electron chi connectivity index (χ2n) is 13.7. The summed E-state index contributed by atoms with van der Waals surface area (Å²) < 4.78 is 6.32. The van der Waals surface area contributed by atoms with Crippen molar-refractivity contribution in [3.05, 3.63) is 212 Å². The molecule has 0 unspecified atom stereocenters. The average molecular weight is 690 g/mol. The van der Waals surface area contributed by atoms with Crippen LogP contribution in [0.2, 0.25) is 0 Å². The van der Waals surface area contributed by atoms with Crippen molar-refractivity contribution in [1.29, 1.82) is 0 Å². The van der Waals surface area contributed by atoms with E-state index in [0.29, 0.717) is 0 Å². The number of anilines is 3. The maximum absolute atomic E-state index is 6.32. The number of hydrogen-bond acceptors (Lipinski definition) is 2. The molecule has 0 amide bonds. The molecule has 0 aliphatic rings. The topological polar surface area (TPSA) is 16.4 Å². The lowest BCUT2D eigenvalue weighted by Gasteiger charge is -2.29. The molecule has 0 radical (unpaired) electrons. The summed E-state index contributed by atoms with van der Waals surface area (Å²) in [5, 5.41) is 4.70. The SMILES string of the molecule is c1ccc(-c2cccc(N(c3ccc(-c4cccc5ccc6oc7ccccc7c6c45)cc3)c3ccc(-c4ccccc4)cc3-c3ccccc3)c2)cc1. The number of nitrogens with zero attached hydrogens (tertiary/aromatic N) is 1. The molecule has 0 saturated carbocycles. The molecule has 54 heavy (non-hydrogen) atoms. The van der Waals surface area contributed by atoms with E-state index in [0.717, 1.165) is 50.1 Å². The van der Waals surface area contributed by atoms with Crippen molar-refractivity contribution in [1.82, 2.24) is 0 Å². The Labute approximate surface area is 314 Å². The van der Waals surface area contributed by atoms with Crippen LogP contribution in [0.1, 0.15) is 0 Å². The summed E-state index contributed by atoms with van der Waals surface area (Å²) in [4.78, 5) is 2.40. The van der Waals surface area contributed by atoms with Gasteiger partial charge >= 0.3 is 0 Å². The third-order valence-corrected chi connectivity index (χ3v) is 10.5. The van der Waals surface area contributed by atoms with Crippen molar-refractivity contribution >= 4 is 49.8 Å². The fourth-order valence-corrected chi connectivity index (χ4v) is 7.90. The summed E-state index contributed by atoms with van der Waals surface area (Å²) >= 11 is 0. The first-order valence-electron chi connectivity index (χ1n) is 18.4. The molecule has 9 aromatic carbocycles. The smallest absolute Gasteiger partial charge is 0.136 e. The van der Waals surface area contributed by atoms with E-state index in [1.807, 2.05) is 6.07 Å². The third kappa shape index (κ3) is 5.62. The van der Waals surface area contributed by atoms with Crippen molar-refractivity contribution in [2.45, 2.75) is 0 Å². The summed E-state index contributed by atoms with van der Waals surface area (Å²) in [7, 11) is 0. The molecule has 10 aromatic rings. The Kier molecular flexibility index (Phi) is 7.85. The molecule has 0 bridgehead atoms. The Morgan fingerprint density at radius 3 is 1.65 bits per heavy atom. The zero-order valence-corrected chi connectivity index (χ0v) is 29.6. The van der Waals surface area contributed by atoms with Crippen LogP contribution in [0.3, 0.4) is 0 Å². The van der Waals surface area contributed by atoms with Crippen molar-refractivity contribution in [2.75, 3.05) is 4.90 Å². The summed E-state index contributed by atoms with van der Waals surface area (Å²) in [5.74, 6) is 0. The van der Waals surface area contributed by atoms with Crippen LogP contribution in [0.25, 0.3) is 77.2 Å². The van der Waals surface area contributed by atoms with Crippen LogP contribution < -0.4 is 4.90 Å². The molecule has 0 atom stereocenters. The van der Waals surface area contributed by atoms with Gasteiger partial charge in [0.05, 0.1) is 5.69 Å². The predicted molar refractivity (Wildman–Crippen MR) is 228 cm³/mol. The molecule has 2 nitrogen and oxygen atoms in total. The van der Waals surface area contributed by atoms with Crippen molar-refractivity contribution < 1.29 is 4.42 Å². The lowest BCUT2D eigenvalue weighted by molar-refractivity contribution is 0.669. The molecule has 0 fully saturated rings. The first kappa shape index (κ1) is 31.6. The molecule has 1 heterocycles. The van der Waals surface area contributed by atoms with E-state index in [4.69, 9.17) is 4.42 Å². The van der Waals surface area contributed by atoms with E-state index < -0.39 is 0 Å². The fraction of sp³-hybridized carbons (Fsp3) is 0. The van der Waals surface area contributed by atoms with Crippen LogP contribution in [0, 0.1) is 0 Å². The number of fused-ring (bicyclic) bond motifs is 5. The van der Waals surface area contributed by atoms with E-state index in [2.05, 4.69) is 211 Å². The second-order valence-corrected chi connectivity index (χ2v) is 13.7. The summed E-state index contributed by atoms with van der Waals surface area (Å²) in [6, 6.07) is 75.9. The molecule has 2 heteroatoms. The van der Waals surface area contributed by atoms with Gasteiger partial charge in [0.25, 0.3) is 0 Å². The van der Waals surface area contributed by atoms with Gasteiger partial charge in [0.15, 0.2) is 0 Å². The number of rotatable bonds is 7. The summed E-state index contributed by atoms with van der Waals surface area (Å²) in [6.45, 7) is 0. The Bertz CT molecular complexity index is 2910. The van der Waals surface area contributed by atoms with E-state index in [-0.39, 0.29) is 0 Å². The fourth-order valence-electron chi connectivity index (χ4n) is 7.90. The highest BCUT2D eigenvalue weighted by molar-refractivity contribution is 6.22. The summed E-state index contributed by atoms with van der Waals surface area (Å²) in [6.07, 6.45) is 0. The molecular formula is C52H35NO. The van der Waals surface area contributed by atoms with E-state index >= 15 is 0 Å². The molecule has 0 N–H and O–H groups in total. The molecule has 0 aliphatic carbocycles. The van der Waals surface area contributed by atoms with Gasteiger partial charge in [-0.05, 0) is 92.9 Å². The quantitative estimate of drug-likeness (QED) is 0.166. The molecule has 0 saturated heterocycles. The maximum atomic E-state index is 6.32. The molecule has 0 aliphatic heterocycles. The highest BCUT2D eigenvalue weighted by atomic mass is 16.3. The normalized spacial score (nSPS) is 11.3. The van der Waals surface area contributed by atoms with Gasteiger partial charge in [0, 0.05) is 33.1 Å². The van der Waals surface area contributed by atoms with Gasteiger partial charge in [-0.1, -0.05) is 164 Å². The van der Waals surface area contributed by atoms with Crippen molar-refractivity contribution in [2.24, 2.45) is 0 Å². The Morgan fingerprint density at radius 2 is 0.907 bits per heavy atom. The second kappa shape index (κ2) is 13.4. The minimum atomic E-state index is 0.907. The maximum Gasteiger partial charge on any atom is 0.136 e. The lowest BCUT2D eigenvalue weighted by Crippen LogP contribution is -2.11. The highest BCUT2D eigenvalue weighted by Crippen LogP contribution is 2.45. The molecule has 0 spiro atoms. The van der Waals surface area contributed by atoms with E-state index in [9.17, 15) is 0 Å². The van der Waals surface area contributed by atoms with E-state index in [1.54, 1.807) is 0 Å². The molecule has 254 valence electrons. The number of para-hydroxylation sites is 1. The number of hydrogen-bond donors (Lipinski definition) is 0. The monoisotopic (exact) mass is 689 g/mol. The zero-order valence-electron chi connectivity index (χ0n) is 29.6. The van der Waals surface area contributed by atoms with Gasteiger partial charge in [-0.25, -0.2) is 0 Å². The minimum Gasteiger partial charge on any atom is -0.456 e. The first-order chi connectivity index (χ1) is 26.8. The van der Waals surface area contributed by atoms with Gasteiger partial charge in [-0.2, -0.15) is 0 Å². The Hall–Kier alpha value is -7.16. The molecule has 10 rings (SSSR count). The zero-order chi connectivity index (χ0) is 35.8. The van der Waals surface area contributed by atoms with Crippen LogP contribution in [0.5, 0.6) is 0 Å². The van der Waals surface area contributed by atoms with Gasteiger partial charge in [-0.15, -0.1) is 0 Å². The van der Waals surface area contributed by atoms with Crippen LogP contribution in [-0.2, 0) is 0 Å². The van der Waals surface area contributed by atoms with Gasteiger partial charge in [-0.3, -0.25) is 0 Å². The minimum absolute atomic E-state index is 0.907. The molecular weight excluding hydrogens is 655 g/mol. The van der Waals surface area contributed by atoms with Crippen LogP contribution in [0.15, 0.2) is 217 Å². The lowest BCUT2D eigenvalue weighted by atomic mass is 9.94. The highest BCUT2D eigenvalue weighted by Gasteiger charge is 2.20. The van der Waals surface area contributed by atoms with Crippen LogP contribution >= 0.6 is 0 Å². The van der Waals surface area contributed by atoms with E-state index in [1.165, 1.54) is 44.2 Å². The van der Waals surface area contributed by atoms with Gasteiger partial charge < -0.3 is 9.32 Å². The molecule has 1 aromatic heterocycles. The number of benzene rings is 9.